The molecule has 0 N–H and O–H groups in total. The Morgan fingerprint density at radius 3 is 0.897 bits per heavy atom. The van der Waals surface area contributed by atoms with Crippen LogP contribution in [0.4, 0.5) is 0 Å². The van der Waals surface area contributed by atoms with Gasteiger partial charge in [-0.3, -0.25) is 14.4 Å². The van der Waals surface area contributed by atoms with Crippen molar-refractivity contribution in [3.05, 3.63) is 0 Å². The normalized spacial score (nSPS) is 12.6. The molecule has 0 saturated heterocycles. The lowest BCUT2D eigenvalue weighted by Crippen LogP contribution is -2.30. The molecule has 0 radical (unpaired) electrons. The lowest BCUT2D eigenvalue weighted by molar-refractivity contribution is -0.167. The molecule has 0 saturated carbocycles. The molecule has 0 spiro atoms. The van der Waals surface area contributed by atoms with Gasteiger partial charge in [-0.2, -0.15) is 0 Å². The molecule has 0 aromatic rings. The van der Waals surface area contributed by atoms with E-state index in [0.717, 1.165) is 75.5 Å². The van der Waals surface area contributed by atoms with Gasteiger partial charge in [0.1, 0.15) is 13.2 Å². The third-order valence-electron chi connectivity index (χ3n) is 12.0. The summed E-state index contributed by atoms with van der Waals surface area (Å²) in [5.74, 6) is 1.60. The van der Waals surface area contributed by atoms with Crippen LogP contribution < -0.4 is 0 Å². The summed E-state index contributed by atoms with van der Waals surface area (Å²) in [4.78, 5) is 37.8. The second kappa shape index (κ2) is 43.5. The Kier molecular flexibility index (Phi) is 42.3. The van der Waals surface area contributed by atoms with Crippen molar-refractivity contribution in [2.75, 3.05) is 13.2 Å². The first-order chi connectivity index (χ1) is 28.1. The summed E-state index contributed by atoms with van der Waals surface area (Å²) < 4.78 is 16.8. The molecule has 58 heavy (non-hydrogen) atoms. The maximum absolute atomic E-state index is 12.7. The predicted octanol–water partition coefficient (Wildman–Crippen LogP) is 16.4. The van der Waals surface area contributed by atoms with E-state index in [0.29, 0.717) is 19.3 Å². The Morgan fingerprint density at radius 1 is 0.345 bits per heavy atom. The van der Waals surface area contributed by atoms with Gasteiger partial charge in [0, 0.05) is 19.3 Å². The molecular formula is C52H100O6. The van der Waals surface area contributed by atoms with Gasteiger partial charge in [0.15, 0.2) is 6.10 Å². The topological polar surface area (TPSA) is 78.9 Å². The Morgan fingerprint density at radius 2 is 0.603 bits per heavy atom. The first-order valence-corrected chi connectivity index (χ1v) is 25.6. The van der Waals surface area contributed by atoms with Crippen molar-refractivity contribution < 1.29 is 28.6 Å². The largest absolute Gasteiger partial charge is 0.462 e. The summed E-state index contributed by atoms with van der Waals surface area (Å²) in [5, 5.41) is 0. The Labute approximate surface area is 361 Å². The van der Waals surface area contributed by atoms with E-state index in [1.807, 2.05) is 0 Å². The molecule has 0 aliphatic rings. The highest BCUT2D eigenvalue weighted by atomic mass is 16.6. The summed E-state index contributed by atoms with van der Waals surface area (Å²) in [7, 11) is 0. The minimum Gasteiger partial charge on any atom is -0.462 e. The van der Waals surface area contributed by atoms with Crippen molar-refractivity contribution in [1.82, 2.24) is 0 Å². The Balaban J connectivity index is 4.23. The molecule has 1 unspecified atom stereocenters. The molecular weight excluding hydrogens is 721 g/mol. The van der Waals surface area contributed by atoms with Gasteiger partial charge < -0.3 is 14.2 Å². The highest BCUT2D eigenvalue weighted by Gasteiger charge is 2.19. The molecule has 0 aliphatic carbocycles. The molecule has 0 heterocycles. The van der Waals surface area contributed by atoms with Crippen molar-refractivity contribution in [3.8, 4) is 0 Å². The first kappa shape index (κ1) is 56.4. The molecule has 0 aliphatic heterocycles. The van der Waals surface area contributed by atoms with Gasteiger partial charge in [0.05, 0.1) is 0 Å². The smallest absolute Gasteiger partial charge is 0.306 e. The lowest BCUT2D eigenvalue weighted by atomic mass is 10.00. The van der Waals surface area contributed by atoms with E-state index >= 15 is 0 Å². The van der Waals surface area contributed by atoms with Crippen LogP contribution in [0.3, 0.4) is 0 Å². The fourth-order valence-corrected chi connectivity index (χ4v) is 7.73. The molecule has 0 aromatic carbocycles. The minimum atomic E-state index is -0.763. The van der Waals surface area contributed by atoms with Crippen LogP contribution in [0.15, 0.2) is 0 Å². The fourth-order valence-electron chi connectivity index (χ4n) is 7.73. The van der Waals surface area contributed by atoms with E-state index in [-0.39, 0.29) is 31.1 Å². The van der Waals surface area contributed by atoms with E-state index in [2.05, 4.69) is 41.5 Å². The number of hydrogen-bond donors (Lipinski definition) is 0. The predicted molar refractivity (Wildman–Crippen MR) is 247 cm³/mol. The summed E-state index contributed by atoms with van der Waals surface area (Å²) in [6.07, 6.45) is 42.4. The number of carbonyl (C=O) groups is 3. The summed E-state index contributed by atoms with van der Waals surface area (Å²) in [6.45, 7) is 13.7. The van der Waals surface area contributed by atoms with Crippen LogP contribution >= 0.6 is 0 Å². The van der Waals surface area contributed by atoms with Crippen molar-refractivity contribution in [1.29, 1.82) is 0 Å². The quantitative estimate of drug-likeness (QED) is 0.0346. The average molecular weight is 821 g/mol. The van der Waals surface area contributed by atoms with Crippen LogP contribution in [0, 0.1) is 17.8 Å². The number of rotatable bonds is 45. The number of ether oxygens (including phenoxy) is 3. The zero-order chi connectivity index (χ0) is 42.7. The van der Waals surface area contributed by atoms with Crippen LogP contribution in [0.25, 0.3) is 0 Å². The Hall–Kier alpha value is -1.59. The lowest BCUT2D eigenvalue weighted by Gasteiger charge is -2.18. The number of hydrogen-bond acceptors (Lipinski definition) is 6. The molecule has 6 nitrogen and oxygen atoms in total. The number of esters is 3. The zero-order valence-corrected chi connectivity index (χ0v) is 39.8. The van der Waals surface area contributed by atoms with Crippen molar-refractivity contribution >= 4 is 17.9 Å². The van der Waals surface area contributed by atoms with E-state index in [4.69, 9.17) is 14.2 Å². The number of unbranched alkanes of at least 4 members (excludes halogenated alkanes) is 27. The standard InChI is InChI=1S/C52H100O6/c1-7-48(6)40-34-28-24-25-31-37-43-52(55)58-49(45-57-51(54)42-36-30-23-19-18-21-27-33-39-47(4)5)44-56-50(53)41-35-29-22-17-15-13-11-9-8-10-12-14-16-20-26-32-38-46(2)3/h46-49H,7-45H2,1-6H3/t48?,49-/m1/s1. The van der Waals surface area contributed by atoms with E-state index in [1.54, 1.807) is 0 Å². The molecule has 0 amide bonds. The molecule has 6 heteroatoms. The maximum atomic E-state index is 12.7. The average Bonchev–Trinajstić information content (AvgIpc) is 3.19. The van der Waals surface area contributed by atoms with Crippen LogP contribution in [0.1, 0.15) is 279 Å². The highest BCUT2D eigenvalue weighted by Crippen LogP contribution is 2.18. The van der Waals surface area contributed by atoms with Gasteiger partial charge in [-0.15, -0.1) is 0 Å². The van der Waals surface area contributed by atoms with Gasteiger partial charge in [-0.25, -0.2) is 0 Å². The molecule has 0 fully saturated rings. The summed E-state index contributed by atoms with van der Waals surface area (Å²) in [6, 6.07) is 0. The van der Waals surface area contributed by atoms with Crippen molar-refractivity contribution in [2.24, 2.45) is 17.8 Å². The molecule has 0 aromatic heterocycles. The summed E-state index contributed by atoms with van der Waals surface area (Å²) in [5.41, 5.74) is 0. The van der Waals surface area contributed by atoms with Crippen LogP contribution in [-0.2, 0) is 28.6 Å². The van der Waals surface area contributed by atoms with Crippen molar-refractivity contribution in [3.63, 3.8) is 0 Å². The highest BCUT2D eigenvalue weighted by molar-refractivity contribution is 5.71. The Bertz CT molecular complexity index is 900. The van der Waals surface area contributed by atoms with Gasteiger partial charge in [-0.05, 0) is 37.0 Å². The second-order valence-electron chi connectivity index (χ2n) is 19.0. The maximum Gasteiger partial charge on any atom is 0.306 e. The van der Waals surface area contributed by atoms with Crippen molar-refractivity contribution in [2.45, 2.75) is 285 Å². The minimum absolute atomic E-state index is 0.0658. The molecule has 344 valence electrons. The number of carbonyl (C=O) groups excluding carboxylic acids is 3. The SMILES string of the molecule is CCC(C)CCCCCCCCC(=O)O[C@H](COC(=O)CCCCCCCCCCCCCCCCCCC(C)C)COC(=O)CCCCCCCCCCC(C)C. The van der Waals surface area contributed by atoms with E-state index in [1.165, 1.54) is 161 Å². The van der Waals surface area contributed by atoms with E-state index in [9.17, 15) is 14.4 Å². The van der Waals surface area contributed by atoms with Gasteiger partial charge in [0.2, 0.25) is 0 Å². The monoisotopic (exact) mass is 821 g/mol. The van der Waals surface area contributed by atoms with Gasteiger partial charge in [0.25, 0.3) is 0 Å². The third kappa shape index (κ3) is 44.0. The first-order valence-electron chi connectivity index (χ1n) is 25.6. The van der Waals surface area contributed by atoms with Gasteiger partial charge in [-0.1, -0.05) is 241 Å². The van der Waals surface area contributed by atoms with Crippen LogP contribution in [0.5, 0.6) is 0 Å². The third-order valence-corrected chi connectivity index (χ3v) is 12.0. The summed E-state index contributed by atoms with van der Waals surface area (Å²) >= 11 is 0. The fraction of sp³-hybridized carbons (Fsp3) is 0.942. The van der Waals surface area contributed by atoms with Gasteiger partial charge >= 0.3 is 17.9 Å². The molecule has 0 bridgehead atoms. The van der Waals surface area contributed by atoms with Crippen LogP contribution in [-0.4, -0.2) is 37.2 Å². The molecule has 2 atom stereocenters. The molecule has 0 rings (SSSR count). The zero-order valence-electron chi connectivity index (χ0n) is 39.8. The van der Waals surface area contributed by atoms with E-state index < -0.39 is 6.10 Å². The second-order valence-corrected chi connectivity index (χ2v) is 19.0. The van der Waals surface area contributed by atoms with Crippen LogP contribution in [0.2, 0.25) is 0 Å².